The van der Waals surface area contributed by atoms with Crippen LogP contribution in [-0.4, -0.2) is 30.5 Å². The van der Waals surface area contributed by atoms with Crippen molar-refractivity contribution in [2.75, 3.05) is 17.2 Å². The van der Waals surface area contributed by atoms with Gasteiger partial charge in [0.25, 0.3) is 5.91 Å². The maximum absolute atomic E-state index is 12.0. The number of carbonyl (C=O) groups excluding carboxylic acids is 3. The first-order chi connectivity index (χ1) is 15.5. The second-order valence-electron chi connectivity index (χ2n) is 6.79. The molecule has 32 heavy (non-hydrogen) atoms. The molecule has 0 aliphatic carbocycles. The molecule has 8 heteroatoms. The molecule has 3 N–H and O–H groups in total. The van der Waals surface area contributed by atoms with E-state index in [2.05, 4.69) is 21.2 Å². The van der Waals surface area contributed by atoms with Crippen molar-refractivity contribution in [3.05, 3.63) is 90.0 Å². The zero-order valence-corrected chi connectivity index (χ0v) is 17.4. The number of amides is 3. The topological polar surface area (TPSA) is 109 Å². The van der Waals surface area contributed by atoms with Gasteiger partial charge in [-0.1, -0.05) is 48.0 Å². The molecule has 0 unspecified atom stereocenters. The largest absolute Gasteiger partial charge is 0.484 e. The average molecular weight is 430 g/mol. The van der Waals surface area contributed by atoms with Crippen molar-refractivity contribution in [1.29, 1.82) is 0 Å². The van der Waals surface area contributed by atoms with Crippen LogP contribution in [0.3, 0.4) is 0 Å². The third kappa shape index (κ3) is 7.10. The Hall–Kier alpha value is -4.46. The smallest absolute Gasteiger partial charge is 0.329 e. The second kappa shape index (κ2) is 11.1. The van der Waals surface area contributed by atoms with E-state index in [9.17, 15) is 14.4 Å². The predicted octanol–water partition coefficient (Wildman–Crippen LogP) is 3.10. The number of aryl methyl sites for hydroxylation is 1. The number of rotatable bonds is 7. The lowest BCUT2D eigenvalue weighted by Crippen LogP contribution is -2.32. The number of carbonyl (C=O) groups is 3. The first kappa shape index (κ1) is 22.2. The molecule has 0 radical (unpaired) electrons. The van der Waals surface area contributed by atoms with Gasteiger partial charge in [-0.3, -0.25) is 14.4 Å². The summed E-state index contributed by atoms with van der Waals surface area (Å²) in [7, 11) is 0. The van der Waals surface area contributed by atoms with Crippen LogP contribution in [0, 0.1) is 6.92 Å². The first-order valence-electron chi connectivity index (χ1n) is 9.78. The highest BCUT2D eigenvalue weighted by atomic mass is 16.5. The molecule has 0 fully saturated rings. The van der Waals surface area contributed by atoms with Gasteiger partial charge in [0, 0.05) is 11.4 Å². The highest BCUT2D eigenvalue weighted by Gasteiger charge is 2.12. The van der Waals surface area contributed by atoms with E-state index in [4.69, 9.17) is 4.74 Å². The summed E-state index contributed by atoms with van der Waals surface area (Å²) in [4.78, 5) is 35.8. The van der Waals surface area contributed by atoms with E-state index >= 15 is 0 Å². The third-order valence-electron chi connectivity index (χ3n) is 4.18. The number of ether oxygens (including phenoxy) is 1. The number of para-hydroxylation sites is 1. The summed E-state index contributed by atoms with van der Waals surface area (Å²) in [5.41, 5.74) is 5.03. The molecule has 0 atom stereocenters. The number of benzene rings is 3. The Morgan fingerprint density at radius 3 is 2.31 bits per heavy atom. The minimum atomic E-state index is -0.896. The molecule has 0 heterocycles. The molecule has 3 amide bonds. The van der Waals surface area contributed by atoms with Crippen molar-refractivity contribution in [2.24, 2.45) is 5.10 Å². The SMILES string of the molecule is Cc1ccc(NC(=O)C(=O)N/N=C\c2cccc(OCC(=O)Nc3ccccc3)c2)cc1. The summed E-state index contributed by atoms with van der Waals surface area (Å²) >= 11 is 0. The van der Waals surface area contributed by atoms with Gasteiger partial charge in [-0.2, -0.15) is 5.10 Å². The summed E-state index contributed by atoms with van der Waals surface area (Å²) in [5, 5.41) is 9.01. The van der Waals surface area contributed by atoms with Gasteiger partial charge < -0.3 is 15.4 Å². The van der Waals surface area contributed by atoms with E-state index in [1.807, 2.05) is 37.3 Å². The van der Waals surface area contributed by atoms with Crippen LogP contribution in [-0.2, 0) is 14.4 Å². The molecule has 0 saturated carbocycles. The quantitative estimate of drug-likeness (QED) is 0.304. The summed E-state index contributed by atoms with van der Waals surface area (Å²) in [6.45, 7) is 1.76. The Morgan fingerprint density at radius 1 is 0.844 bits per heavy atom. The molecular weight excluding hydrogens is 408 g/mol. The van der Waals surface area contributed by atoms with Crippen LogP contribution < -0.4 is 20.8 Å². The molecule has 0 spiro atoms. The number of hydrogen-bond acceptors (Lipinski definition) is 5. The first-order valence-corrected chi connectivity index (χ1v) is 9.78. The van der Waals surface area contributed by atoms with E-state index in [1.54, 1.807) is 48.5 Å². The second-order valence-corrected chi connectivity index (χ2v) is 6.79. The standard InChI is InChI=1S/C24H22N4O4/c1-17-10-12-20(13-11-17)27-23(30)24(31)28-25-15-18-6-5-9-21(14-18)32-16-22(29)26-19-7-3-2-4-8-19/h2-15H,16H2,1H3,(H,26,29)(H,27,30)(H,28,31)/b25-15-. The zero-order valence-electron chi connectivity index (χ0n) is 17.4. The van der Waals surface area contributed by atoms with Crippen molar-refractivity contribution in [2.45, 2.75) is 6.92 Å². The fraction of sp³-hybridized carbons (Fsp3) is 0.0833. The lowest BCUT2D eigenvalue weighted by atomic mass is 10.2. The Kier molecular flexibility index (Phi) is 7.69. The van der Waals surface area contributed by atoms with Crippen molar-refractivity contribution >= 4 is 35.3 Å². The Balaban J connectivity index is 1.47. The number of hydrogen-bond donors (Lipinski definition) is 3. The van der Waals surface area contributed by atoms with Gasteiger partial charge in [-0.15, -0.1) is 0 Å². The zero-order chi connectivity index (χ0) is 22.8. The molecule has 3 rings (SSSR count). The predicted molar refractivity (Wildman–Crippen MR) is 123 cm³/mol. The van der Waals surface area contributed by atoms with E-state index in [-0.39, 0.29) is 12.5 Å². The van der Waals surface area contributed by atoms with Crippen LogP contribution in [0.25, 0.3) is 0 Å². The van der Waals surface area contributed by atoms with Crippen LogP contribution in [0.15, 0.2) is 84.0 Å². The Labute approximate surface area is 185 Å². The van der Waals surface area contributed by atoms with Crippen molar-refractivity contribution < 1.29 is 19.1 Å². The minimum absolute atomic E-state index is 0.161. The highest BCUT2D eigenvalue weighted by molar-refractivity contribution is 6.39. The number of nitrogens with zero attached hydrogens (tertiary/aromatic N) is 1. The van der Waals surface area contributed by atoms with Crippen LogP contribution in [0.5, 0.6) is 5.75 Å². The lowest BCUT2D eigenvalue weighted by molar-refractivity contribution is -0.136. The number of anilines is 2. The molecule has 3 aromatic carbocycles. The maximum atomic E-state index is 12.0. The molecule has 3 aromatic rings. The maximum Gasteiger partial charge on any atom is 0.329 e. The summed E-state index contributed by atoms with van der Waals surface area (Å²) in [6.07, 6.45) is 1.37. The molecule has 162 valence electrons. The van der Waals surface area contributed by atoms with Crippen LogP contribution in [0.4, 0.5) is 11.4 Å². The van der Waals surface area contributed by atoms with Gasteiger partial charge in [0.15, 0.2) is 6.61 Å². The van der Waals surface area contributed by atoms with E-state index < -0.39 is 11.8 Å². The number of hydrazone groups is 1. The molecule has 0 saturated heterocycles. The van der Waals surface area contributed by atoms with Gasteiger partial charge in [-0.05, 0) is 48.9 Å². The molecular formula is C24H22N4O4. The van der Waals surface area contributed by atoms with Crippen molar-refractivity contribution in [3.8, 4) is 5.75 Å². The third-order valence-corrected chi connectivity index (χ3v) is 4.18. The molecule has 0 bridgehead atoms. The summed E-state index contributed by atoms with van der Waals surface area (Å²) in [6, 6.07) is 22.9. The van der Waals surface area contributed by atoms with Gasteiger partial charge in [-0.25, -0.2) is 5.43 Å². The van der Waals surface area contributed by atoms with Gasteiger partial charge in [0.1, 0.15) is 5.75 Å². The van der Waals surface area contributed by atoms with Gasteiger partial charge in [0.2, 0.25) is 0 Å². The fourth-order valence-electron chi connectivity index (χ4n) is 2.59. The van der Waals surface area contributed by atoms with E-state index in [0.717, 1.165) is 5.56 Å². The lowest BCUT2D eigenvalue weighted by Gasteiger charge is -2.08. The fourth-order valence-corrected chi connectivity index (χ4v) is 2.59. The highest BCUT2D eigenvalue weighted by Crippen LogP contribution is 2.12. The van der Waals surface area contributed by atoms with E-state index in [1.165, 1.54) is 6.21 Å². The average Bonchev–Trinajstić information content (AvgIpc) is 2.80. The summed E-state index contributed by atoms with van der Waals surface area (Å²) in [5.74, 6) is -1.55. The van der Waals surface area contributed by atoms with Crippen molar-refractivity contribution in [3.63, 3.8) is 0 Å². The minimum Gasteiger partial charge on any atom is -0.484 e. The Bertz CT molecular complexity index is 1110. The van der Waals surface area contributed by atoms with Crippen LogP contribution >= 0.6 is 0 Å². The van der Waals surface area contributed by atoms with Crippen molar-refractivity contribution in [1.82, 2.24) is 5.43 Å². The molecule has 8 nitrogen and oxygen atoms in total. The molecule has 0 aliphatic heterocycles. The normalized spacial score (nSPS) is 10.4. The Morgan fingerprint density at radius 2 is 1.56 bits per heavy atom. The summed E-state index contributed by atoms with van der Waals surface area (Å²) < 4.78 is 5.50. The van der Waals surface area contributed by atoms with Gasteiger partial charge >= 0.3 is 11.8 Å². The number of nitrogens with one attached hydrogen (secondary N) is 3. The van der Waals surface area contributed by atoms with E-state index in [0.29, 0.717) is 22.7 Å². The van der Waals surface area contributed by atoms with Crippen LogP contribution in [0.2, 0.25) is 0 Å². The monoisotopic (exact) mass is 430 g/mol. The van der Waals surface area contributed by atoms with Gasteiger partial charge in [0.05, 0.1) is 6.21 Å². The molecule has 0 aromatic heterocycles. The van der Waals surface area contributed by atoms with Crippen LogP contribution in [0.1, 0.15) is 11.1 Å². The molecule has 0 aliphatic rings.